The van der Waals surface area contributed by atoms with E-state index in [-0.39, 0.29) is 19.4 Å². The summed E-state index contributed by atoms with van der Waals surface area (Å²) in [4.78, 5) is 58.1. The fraction of sp³-hybridized carbons (Fsp3) is 0.414. The van der Waals surface area contributed by atoms with Crippen LogP contribution in [0.25, 0.3) is 10.8 Å². The average molecular weight is 675 g/mol. The van der Waals surface area contributed by atoms with Crippen molar-refractivity contribution < 1.29 is 32.3 Å². The van der Waals surface area contributed by atoms with Gasteiger partial charge in [0.25, 0.3) is 5.91 Å². The van der Waals surface area contributed by atoms with Crippen molar-refractivity contribution in [3.8, 4) is 5.88 Å². The molecule has 43 heavy (non-hydrogen) atoms. The van der Waals surface area contributed by atoms with Gasteiger partial charge in [0.15, 0.2) is 0 Å². The highest BCUT2D eigenvalue weighted by atomic mass is 79.9. The first-order valence-corrected chi connectivity index (χ1v) is 16.2. The van der Waals surface area contributed by atoms with Gasteiger partial charge in [-0.2, -0.15) is 0 Å². The zero-order valence-electron chi connectivity index (χ0n) is 23.4. The molecule has 1 aliphatic heterocycles. The van der Waals surface area contributed by atoms with Gasteiger partial charge in [0.05, 0.1) is 11.8 Å². The summed E-state index contributed by atoms with van der Waals surface area (Å²) in [7, 11) is -3.86. The zero-order valence-corrected chi connectivity index (χ0v) is 25.8. The molecule has 2 saturated carbocycles. The number of fused-ring (bicyclic) bond motifs is 1. The number of likely N-dealkylation sites (tertiary alicyclic amines) is 1. The molecule has 3 N–H and O–H groups in total. The van der Waals surface area contributed by atoms with Crippen molar-refractivity contribution in [2.75, 3.05) is 6.54 Å². The Morgan fingerprint density at radius 1 is 1.21 bits per heavy atom. The van der Waals surface area contributed by atoms with Crippen LogP contribution in [0.2, 0.25) is 0 Å². The van der Waals surface area contributed by atoms with E-state index in [0.29, 0.717) is 18.7 Å². The standard InChI is InChI=1S/C29H32BrN5O7S/c1-4-18-14-29(18,28(39)34-43(40,41)21-8-9-21)33-25(37)23-13-20(15-35(23)27(38)16(3)32-24(36)5-2)42-26-22-12-19(30)7-6-17(22)10-11-31-26/h4-7,10-12,16,18,20-21,23H,1-2,8-9,13-15H2,3H3,(H,32,36)(H,33,37)(H,34,39)/t16?,18-,20-,23+,29-/m1/s1. The van der Waals surface area contributed by atoms with Gasteiger partial charge in [0, 0.05) is 28.4 Å². The maximum atomic E-state index is 13.8. The first-order chi connectivity index (χ1) is 20.4. The molecule has 0 spiro atoms. The lowest BCUT2D eigenvalue weighted by Crippen LogP contribution is -2.58. The first kappa shape index (κ1) is 30.7. The van der Waals surface area contributed by atoms with Gasteiger partial charge in [-0.3, -0.25) is 23.9 Å². The van der Waals surface area contributed by atoms with Crippen molar-refractivity contribution in [2.45, 2.75) is 61.6 Å². The molecular formula is C29H32BrN5O7S. The number of amides is 4. The molecule has 14 heteroatoms. The van der Waals surface area contributed by atoms with Crippen LogP contribution in [0.4, 0.5) is 0 Å². The second kappa shape index (κ2) is 11.7. The summed E-state index contributed by atoms with van der Waals surface area (Å²) in [6, 6.07) is 5.40. The number of nitrogens with one attached hydrogen (secondary N) is 3. The lowest BCUT2D eigenvalue weighted by Gasteiger charge is -2.28. The quantitative estimate of drug-likeness (QED) is 0.240. The Hall–Kier alpha value is -3.78. The van der Waals surface area contributed by atoms with Crippen molar-refractivity contribution in [1.82, 2.24) is 25.2 Å². The van der Waals surface area contributed by atoms with E-state index in [0.717, 1.165) is 21.3 Å². The molecule has 1 aromatic heterocycles. The Morgan fingerprint density at radius 2 is 1.95 bits per heavy atom. The summed E-state index contributed by atoms with van der Waals surface area (Å²) < 4.78 is 34.1. The van der Waals surface area contributed by atoms with Crippen molar-refractivity contribution >= 4 is 60.4 Å². The van der Waals surface area contributed by atoms with E-state index in [2.05, 4.69) is 49.4 Å². The number of halogens is 1. The minimum Gasteiger partial charge on any atom is -0.472 e. The maximum Gasteiger partial charge on any atom is 0.259 e. The number of aromatic nitrogens is 1. The summed E-state index contributed by atoms with van der Waals surface area (Å²) in [5.41, 5.74) is -1.51. The van der Waals surface area contributed by atoms with Crippen LogP contribution in [-0.2, 0) is 29.2 Å². The number of rotatable bonds is 11. The lowest BCUT2D eigenvalue weighted by atomic mass is 10.1. The fourth-order valence-electron chi connectivity index (χ4n) is 5.34. The summed E-state index contributed by atoms with van der Waals surface area (Å²) in [5, 5.41) is 6.23. The van der Waals surface area contributed by atoms with Crippen LogP contribution >= 0.6 is 15.9 Å². The number of sulfonamides is 1. The third-order valence-corrected chi connectivity index (χ3v) is 10.3. The number of hydrogen-bond donors (Lipinski definition) is 3. The van der Waals surface area contributed by atoms with Gasteiger partial charge < -0.3 is 20.3 Å². The highest BCUT2D eigenvalue weighted by Gasteiger charge is 2.62. The Balaban J connectivity index is 1.39. The smallest absolute Gasteiger partial charge is 0.259 e. The minimum atomic E-state index is -3.86. The van der Waals surface area contributed by atoms with E-state index in [4.69, 9.17) is 4.74 Å². The molecular weight excluding hydrogens is 642 g/mol. The molecule has 2 aromatic rings. The third kappa shape index (κ3) is 6.30. The van der Waals surface area contributed by atoms with Gasteiger partial charge in [0.2, 0.25) is 33.6 Å². The molecule has 2 heterocycles. The normalized spacial score (nSPS) is 25.3. The Labute approximate surface area is 257 Å². The van der Waals surface area contributed by atoms with Crippen LogP contribution in [0, 0.1) is 5.92 Å². The third-order valence-electron chi connectivity index (χ3n) is 7.98. The largest absolute Gasteiger partial charge is 0.472 e. The second-order valence-corrected chi connectivity index (χ2v) is 14.0. The van der Waals surface area contributed by atoms with E-state index >= 15 is 0 Å². The van der Waals surface area contributed by atoms with Crippen LogP contribution < -0.4 is 20.1 Å². The van der Waals surface area contributed by atoms with Gasteiger partial charge in [0.1, 0.15) is 23.7 Å². The highest BCUT2D eigenvalue weighted by molar-refractivity contribution is 9.10. The van der Waals surface area contributed by atoms with Crippen LogP contribution in [0.3, 0.4) is 0 Å². The molecule has 0 bridgehead atoms. The molecule has 1 saturated heterocycles. The molecule has 0 radical (unpaired) electrons. The summed E-state index contributed by atoms with van der Waals surface area (Å²) in [6.45, 7) is 8.61. The monoisotopic (exact) mass is 673 g/mol. The fourth-order valence-corrected chi connectivity index (χ4v) is 7.07. The number of ether oxygens (including phenoxy) is 1. The van der Waals surface area contributed by atoms with E-state index in [1.165, 1.54) is 17.9 Å². The molecule has 4 amide bonds. The number of nitrogens with zero attached hydrogens (tertiary/aromatic N) is 2. The van der Waals surface area contributed by atoms with Gasteiger partial charge in [-0.25, -0.2) is 13.4 Å². The SMILES string of the molecule is C=CC(=O)NC(C)C(=O)N1C[C@H](Oc2nccc3ccc(Br)cc23)C[C@H]1C(=O)N[C@]1(C(=O)NS(=O)(=O)C2CC2)C[C@H]1C=C. The zero-order chi connectivity index (χ0) is 31.1. The van der Waals surface area contributed by atoms with E-state index in [9.17, 15) is 27.6 Å². The minimum absolute atomic E-state index is 0.00255. The molecule has 1 unspecified atom stereocenters. The van der Waals surface area contributed by atoms with Gasteiger partial charge in [-0.05, 0) is 55.8 Å². The molecule has 12 nitrogen and oxygen atoms in total. The lowest BCUT2D eigenvalue weighted by molar-refractivity contribution is -0.141. The topological polar surface area (TPSA) is 164 Å². The molecule has 5 atom stereocenters. The predicted molar refractivity (Wildman–Crippen MR) is 161 cm³/mol. The maximum absolute atomic E-state index is 13.8. The van der Waals surface area contributed by atoms with Gasteiger partial charge in [-0.15, -0.1) is 6.58 Å². The highest BCUT2D eigenvalue weighted by Crippen LogP contribution is 2.45. The van der Waals surface area contributed by atoms with E-state index in [1.54, 1.807) is 6.20 Å². The number of benzene rings is 1. The number of hydrogen-bond acceptors (Lipinski definition) is 8. The molecule has 5 rings (SSSR count). The van der Waals surface area contributed by atoms with Crippen molar-refractivity contribution in [2.24, 2.45) is 5.92 Å². The number of carbonyl (C=O) groups excluding carboxylic acids is 4. The van der Waals surface area contributed by atoms with E-state index in [1.807, 2.05) is 24.3 Å². The predicted octanol–water partition coefficient (Wildman–Crippen LogP) is 1.71. The first-order valence-electron chi connectivity index (χ1n) is 13.8. The van der Waals surface area contributed by atoms with E-state index < -0.39 is 68.5 Å². The van der Waals surface area contributed by atoms with Gasteiger partial charge >= 0.3 is 0 Å². The van der Waals surface area contributed by atoms with Crippen molar-refractivity contribution in [3.05, 3.63) is 60.2 Å². The molecule has 228 valence electrons. The molecule has 3 fully saturated rings. The molecule has 1 aromatic carbocycles. The summed E-state index contributed by atoms with van der Waals surface area (Å²) >= 11 is 3.46. The molecule has 2 aliphatic carbocycles. The van der Waals surface area contributed by atoms with Crippen LogP contribution in [0.5, 0.6) is 5.88 Å². The summed E-state index contributed by atoms with van der Waals surface area (Å²) in [6.07, 6.45) is 4.62. The number of pyridine rings is 1. The molecule has 3 aliphatic rings. The van der Waals surface area contributed by atoms with Crippen LogP contribution in [0.1, 0.15) is 32.6 Å². The Bertz CT molecular complexity index is 1630. The number of carbonyl (C=O) groups is 4. The second-order valence-electron chi connectivity index (χ2n) is 11.1. The summed E-state index contributed by atoms with van der Waals surface area (Å²) in [5.74, 6) is -2.76. The van der Waals surface area contributed by atoms with Crippen LogP contribution in [0.15, 0.2) is 60.2 Å². The van der Waals surface area contributed by atoms with Crippen molar-refractivity contribution in [3.63, 3.8) is 0 Å². The van der Waals surface area contributed by atoms with Gasteiger partial charge in [-0.1, -0.05) is 34.7 Å². The Morgan fingerprint density at radius 3 is 2.60 bits per heavy atom. The van der Waals surface area contributed by atoms with Crippen molar-refractivity contribution in [1.29, 1.82) is 0 Å². The average Bonchev–Trinajstić information content (AvgIpc) is 3.89. The van der Waals surface area contributed by atoms with Crippen LogP contribution in [-0.4, -0.2) is 77.5 Å². The Kier molecular flexibility index (Phi) is 8.36.